The fourth-order valence-electron chi connectivity index (χ4n) is 2.11. The molecule has 126 valence electrons. The van der Waals surface area contributed by atoms with Gasteiger partial charge in [0.1, 0.15) is 11.5 Å². The van der Waals surface area contributed by atoms with Crippen LogP contribution < -0.4 is 10.1 Å². The first-order valence-corrected chi connectivity index (χ1v) is 9.06. The van der Waals surface area contributed by atoms with Crippen molar-refractivity contribution in [1.29, 1.82) is 0 Å². The van der Waals surface area contributed by atoms with Gasteiger partial charge >= 0.3 is 0 Å². The Labute approximate surface area is 156 Å². The first-order chi connectivity index (χ1) is 12.2. The molecule has 0 aliphatic carbocycles. The fourth-order valence-corrected chi connectivity index (χ4v) is 2.93. The summed E-state index contributed by atoms with van der Waals surface area (Å²) >= 11 is 7.31. The number of ether oxygens (including phenoxy) is 1. The predicted octanol–water partition coefficient (Wildman–Crippen LogP) is 5.86. The van der Waals surface area contributed by atoms with E-state index in [0.29, 0.717) is 10.8 Å². The van der Waals surface area contributed by atoms with Gasteiger partial charge in [-0.2, -0.15) is 0 Å². The summed E-state index contributed by atoms with van der Waals surface area (Å²) in [7, 11) is 0. The highest BCUT2D eigenvalue weighted by Gasteiger charge is 2.04. The lowest BCUT2D eigenvalue weighted by Crippen LogP contribution is -2.13. The number of rotatable bonds is 6. The summed E-state index contributed by atoms with van der Waals surface area (Å²) in [5.74, 6) is 1.78. The lowest BCUT2D eigenvalue weighted by atomic mass is 10.3. The van der Waals surface area contributed by atoms with Crippen LogP contribution in [0.25, 0.3) is 0 Å². The number of halogens is 1. The van der Waals surface area contributed by atoms with Crippen LogP contribution in [0.3, 0.4) is 0 Å². The Morgan fingerprint density at radius 3 is 2.20 bits per heavy atom. The van der Waals surface area contributed by atoms with Gasteiger partial charge in [0.15, 0.2) is 0 Å². The van der Waals surface area contributed by atoms with Crippen molar-refractivity contribution in [3.05, 3.63) is 83.9 Å². The van der Waals surface area contributed by atoms with Crippen molar-refractivity contribution in [3.63, 3.8) is 0 Å². The maximum absolute atomic E-state index is 12.0. The van der Waals surface area contributed by atoms with Crippen LogP contribution in [0.5, 0.6) is 11.5 Å². The van der Waals surface area contributed by atoms with Crippen molar-refractivity contribution < 1.29 is 9.53 Å². The van der Waals surface area contributed by atoms with E-state index in [1.165, 1.54) is 11.8 Å². The smallest absolute Gasteiger partial charge is 0.234 e. The van der Waals surface area contributed by atoms with Gasteiger partial charge in [-0.15, -0.1) is 11.8 Å². The van der Waals surface area contributed by atoms with E-state index in [9.17, 15) is 4.79 Å². The molecule has 3 aromatic carbocycles. The maximum Gasteiger partial charge on any atom is 0.234 e. The molecular weight excluding hydrogens is 354 g/mol. The summed E-state index contributed by atoms with van der Waals surface area (Å²) in [4.78, 5) is 13.0. The Bertz CT molecular complexity index is 821. The summed E-state index contributed by atoms with van der Waals surface area (Å²) in [6, 6.07) is 24.3. The largest absolute Gasteiger partial charge is 0.457 e. The molecule has 0 atom stereocenters. The second kappa shape index (κ2) is 8.60. The minimum absolute atomic E-state index is 0.0586. The van der Waals surface area contributed by atoms with E-state index in [1.54, 1.807) is 0 Å². The molecule has 0 aromatic heterocycles. The Morgan fingerprint density at radius 1 is 0.880 bits per heavy atom. The number of nitrogens with one attached hydrogen (secondary N) is 1. The van der Waals surface area contributed by atoms with E-state index in [0.717, 1.165) is 22.1 Å². The van der Waals surface area contributed by atoms with E-state index < -0.39 is 0 Å². The van der Waals surface area contributed by atoms with E-state index in [4.69, 9.17) is 16.3 Å². The van der Waals surface area contributed by atoms with Gasteiger partial charge in [0.05, 0.1) is 5.75 Å². The molecule has 0 aliphatic heterocycles. The molecule has 0 spiro atoms. The Balaban J connectivity index is 1.50. The highest BCUT2D eigenvalue weighted by Crippen LogP contribution is 2.23. The molecule has 0 bridgehead atoms. The summed E-state index contributed by atoms with van der Waals surface area (Å²) in [5.41, 5.74) is 0.738. The summed E-state index contributed by atoms with van der Waals surface area (Å²) in [5, 5.41) is 3.56. The number of benzene rings is 3. The minimum atomic E-state index is -0.0586. The van der Waals surface area contributed by atoms with Crippen molar-refractivity contribution >= 4 is 35.0 Å². The molecule has 0 radical (unpaired) electrons. The SMILES string of the molecule is O=C(CSc1ccc(Cl)cc1)Nc1ccc(Oc2ccccc2)cc1. The van der Waals surface area contributed by atoms with Crippen molar-refractivity contribution in [2.45, 2.75) is 4.90 Å². The first kappa shape index (κ1) is 17.4. The van der Waals surface area contributed by atoms with E-state index in [-0.39, 0.29) is 5.91 Å². The topological polar surface area (TPSA) is 38.3 Å². The second-order valence-corrected chi connectivity index (χ2v) is 6.72. The molecule has 0 unspecified atom stereocenters. The third-order valence-corrected chi connectivity index (χ3v) is 4.56. The van der Waals surface area contributed by atoms with Gasteiger partial charge in [0, 0.05) is 15.6 Å². The van der Waals surface area contributed by atoms with Crippen LogP contribution in [0, 0.1) is 0 Å². The lowest BCUT2D eigenvalue weighted by Gasteiger charge is -2.08. The van der Waals surface area contributed by atoms with Gasteiger partial charge < -0.3 is 10.1 Å². The quantitative estimate of drug-likeness (QED) is 0.553. The molecule has 0 saturated carbocycles. The third kappa shape index (κ3) is 5.55. The van der Waals surface area contributed by atoms with E-state index in [1.807, 2.05) is 78.9 Å². The number of anilines is 1. The maximum atomic E-state index is 12.0. The van der Waals surface area contributed by atoms with E-state index in [2.05, 4.69) is 5.32 Å². The van der Waals surface area contributed by atoms with Crippen LogP contribution in [-0.2, 0) is 4.79 Å². The van der Waals surface area contributed by atoms with Crippen molar-refractivity contribution in [3.8, 4) is 11.5 Å². The van der Waals surface area contributed by atoms with Gasteiger partial charge in [-0.05, 0) is 60.7 Å². The number of carbonyl (C=O) groups is 1. The molecule has 1 amide bonds. The number of carbonyl (C=O) groups excluding carboxylic acids is 1. The molecule has 3 rings (SSSR count). The average molecular weight is 370 g/mol. The molecule has 0 fully saturated rings. The normalized spacial score (nSPS) is 10.3. The Hall–Kier alpha value is -2.43. The summed E-state index contributed by atoms with van der Waals surface area (Å²) in [6.45, 7) is 0. The molecule has 0 heterocycles. The molecule has 1 N–H and O–H groups in total. The fraction of sp³-hybridized carbons (Fsp3) is 0.0500. The second-order valence-electron chi connectivity index (χ2n) is 5.23. The molecule has 3 aromatic rings. The van der Waals surface area contributed by atoms with Gasteiger partial charge in [0.25, 0.3) is 0 Å². The monoisotopic (exact) mass is 369 g/mol. The number of amides is 1. The van der Waals surface area contributed by atoms with Crippen molar-refractivity contribution in [2.24, 2.45) is 0 Å². The molecule has 3 nitrogen and oxygen atoms in total. The minimum Gasteiger partial charge on any atom is -0.457 e. The van der Waals surface area contributed by atoms with Crippen molar-refractivity contribution in [2.75, 3.05) is 11.1 Å². The van der Waals surface area contributed by atoms with Gasteiger partial charge in [-0.3, -0.25) is 4.79 Å². The molecular formula is C20H16ClNO2S. The Morgan fingerprint density at radius 2 is 1.52 bits per heavy atom. The van der Waals surface area contributed by atoms with Gasteiger partial charge in [0.2, 0.25) is 5.91 Å². The highest BCUT2D eigenvalue weighted by atomic mass is 35.5. The molecule has 5 heteroatoms. The van der Waals surface area contributed by atoms with Gasteiger partial charge in [-0.1, -0.05) is 29.8 Å². The van der Waals surface area contributed by atoms with E-state index >= 15 is 0 Å². The average Bonchev–Trinajstić information content (AvgIpc) is 2.64. The number of hydrogen-bond acceptors (Lipinski definition) is 3. The van der Waals surface area contributed by atoms with Crippen LogP contribution in [-0.4, -0.2) is 11.7 Å². The zero-order chi connectivity index (χ0) is 17.5. The Kier molecular flexibility index (Phi) is 5.99. The molecule has 0 saturated heterocycles. The summed E-state index contributed by atoms with van der Waals surface area (Å²) in [6.07, 6.45) is 0. The van der Waals surface area contributed by atoms with Gasteiger partial charge in [-0.25, -0.2) is 0 Å². The first-order valence-electron chi connectivity index (χ1n) is 7.70. The van der Waals surface area contributed by atoms with Crippen LogP contribution in [0.15, 0.2) is 83.8 Å². The number of hydrogen-bond donors (Lipinski definition) is 1. The number of thioether (sulfide) groups is 1. The summed E-state index contributed by atoms with van der Waals surface area (Å²) < 4.78 is 5.73. The zero-order valence-corrected chi connectivity index (χ0v) is 14.9. The number of para-hydroxylation sites is 1. The van der Waals surface area contributed by atoms with Crippen molar-refractivity contribution in [1.82, 2.24) is 0 Å². The molecule has 25 heavy (non-hydrogen) atoms. The van der Waals surface area contributed by atoms with Crippen LogP contribution >= 0.6 is 23.4 Å². The zero-order valence-electron chi connectivity index (χ0n) is 13.3. The van der Waals surface area contributed by atoms with Crippen LogP contribution in [0.1, 0.15) is 0 Å². The molecule has 0 aliphatic rings. The standard InChI is InChI=1S/C20H16ClNO2S/c21-15-6-12-19(13-7-15)25-14-20(23)22-16-8-10-18(11-9-16)24-17-4-2-1-3-5-17/h1-13H,14H2,(H,22,23). The highest BCUT2D eigenvalue weighted by molar-refractivity contribution is 8.00. The van der Waals surface area contributed by atoms with Crippen LogP contribution in [0.4, 0.5) is 5.69 Å². The predicted molar refractivity (Wildman–Crippen MR) is 104 cm³/mol. The van der Waals surface area contributed by atoms with Crippen LogP contribution in [0.2, 0.25) is 5.02 Å². The lowest BCUT2D eigenvalue weighted by molar-refractivity contribution is -0.113. The third-order valence-electron chi connectivity index (χ3n) is 3.30.